The van der Waals surface area contributed by atoms with Gasteiger partial charge in [-0.3, -0.25) is 14.2 Å². The van der Waals surface area contributed by atoms with Crippen molar-refractivity contribution in [3.63, 3.8) is 0 Å². The molecular weight excluding hydrogens is 308 g/mol. The third-order valence-electron chi connectivity index (χ3n) is 3.62. The summed E-state index contributed by atoms with van der Waals surface area (Å²) in [7, 11) is 0. The summed E-state index contributed by atoms with van der Waals surface area (Å²) in [5.41, 5.74) is 7.53. The lowest BCUT2D eigenvalue weighted by atomic mass is 10.1. The summed E-state index contributed by atoms with van der Waals surface area (Å²) >= 11 is 0. The molecule has 0 saturated carbocycles. The van der Waals surface area contributed by atoms with E-state index in [1.807, 2.05) is 30.5 Å². The maximum atomic E-state index is 12.6. The van der Waals surface area contributed by atoms with Crippen LogP contribution in [0, 0.1) is 0 Å². The highest BCUT2D eigenvalue weighted by Gasteiger charge is 2.14. The standard InChI is InChI=1S/C16H18N6O2/c1-11(23)18-15-9-21(20-19-15)10-16(24)22-8-12(6-7-17)13-4-2-3-5-14(13)22/h2-5,8-9H,6-7,10,17H2,1H3,(H,18,23). The van der Waals surface area contributed by atoms with E-state index >= 15 is 0 Å². The maximum absolute atomic E-state index is 12.6. The highest BCUT2D eigenvalue weighted by atomic mass is 16.2. The van der Waals surface area contributed by atoms with E-state index in [-0.39, 0.29) is 18.4 Å². The van der Waals surface area contributed by atoms with Gasteiger partial charge in [0, 0.05) is 18.5 Å². The number of nitrogens with zero attached hydrogens (tertiary/aromatic N) is 4. The summed E-state index contributed by atoms with van der Waals surface area (Å²) in [6.07, 6.45) is 4.05. The van der Waals surface area contributed by atoms with E-state index in [1.165, 1.54) is 17.8 Å². The monoisotopic (exact) mass is 326 g/mol. The van der Waals surface area contributed by atoms with E-state index in [0.29, 0.717) is 18.8 Å². The SMILES string of the molecule is CC(=O)Nc1cn(CC(=O)n2cc(CCN)c3ccccc32)nn1. The Morgan fingerprint density at radius 1 is 1.25 bits per heavy atom. The van der Waals surface area contributed by atoms with Crippen LogP contribution in [-0.4, -0.2) is 37.9 Å². The second-order valence-corrected chi connectivity index (χ2v) is 5.46. The van der Waals surface area contributed by atoms with Crippen molar-refractivity contribution in [2.75, 3.05) is 11.9 Å². The van der Waals surface area contributed by atoms with E-state index in [4.69, 9.17) is 5.73 Å². The fourth-order valence-electron chi connectivity index (χ4n) is 2.64. The number of benzene rings is 1. The van der Waals surface area contributed by atoms with Gasteiger partial charge in [-0.05, 0) is 24.6 Å². The normalized spacial score (nSPS) is 10.9. The van der Waals surface area contributed by atoms with Crippen LogP contribution >= 0.6 is 0 Å². The van der Waals surface area contributed by atoms with Gasteiger partial charge in [0.15, 0.2) is 5.82 Å². The third kappa shape index (κ3) is 3.18. The van der Waals surface area contributed by atoms with Crippen molar-refractivity contribution in [3.8, 4) is 0 Å². The van der Waals surface area contributed by atoms with Gasteiger partial charge in [-0.2, -0.15) is 0 Å². The molecule has 3 rings (SSSR count). The van der Waals surface area contributed by atoms with Crippen LogP contribution in [0.4, 0.5) is 5.82 Å². The molecule has 3 N–H and O–H groups in total. The first-order valence-corrected chi connectivity index (χ1v) is 7.58. The smallest absolute Gasteiger partial charge is 0.252 e. The number of fused-ring (bicyclic) bond motifs is 1. The quantitative estimate of drug-likeness (QED) is 0.728. The molecule has 8 heteroatoms. The number of rotatable bonds is 5. The number of amides is 1. The van der Waals surface area contributed by atoms with Crippen LogP contribution in [0.5, 0.6) is 0 Å². The number of nitrogens with two attached hydrogens (primary N) is 1. The minimum Gasteiger partial charge on any atom is -0.330 e. The summed E-state index contributed by atoms with van der Waals surface area (Å²) in [5.74, 6) is -0.0681. The molecule has 3 aromatic rings. The van der Waals surface area contributed by atoms with Crippen LogP contribution < -0.4 is 11.1 Å². The van der Waals surface area contributed by atoms with Gasteiger partial charge in [-0.1, -0.05) is 23.4 Å². The number of para-hydroxylation sites is 1. The summed E-state index contributed by atoms with van der Waals surface area (Å²) in [6, 6.07) is 7.71. The Bertz CT molecular complexity index is 895. The van der Waals surface area contributed by atoms with Gasteiger partial charge in [-0.15, -0.1) is 5.10 Å². The van der Waals surface area contributed by atoms with E-state index in [0.717, 1.165) is 16.5 Å². The molecule has 2 heterocycles. The minimum absolute atomic E-state index is 0.0212. The fraction of sp³-hybridized carbons (Fsp3) is 0.250. The zero-order valence-electron chi connectivity index (χ0n) is 13.3. The number of hydrogen-bond donors (Lipinski definition) is 2. The molecule has 0 aliphatic rings. The fourth-order valence-corrected chi connectivity index (χ4v) is 2.64. The van der Waals surface area contributed by atoms with Crippen molar-refractivity contribution < 1.29 is 9.59 Å². The summed E-state index contributed by atoms with van der Waals surface area (Å²) in [5, 5.41) is 11.2. The Kier molecular flexibility index (Phi) is 4.39. The second-order valence-electron chi connectivity index (χ2n) is 5.46. The Labute approximate surface area is 138 Å². The Hall–Kier alpha value is -3.00. The van der Waals surface area contributed by atoms with Gasteiger partial charge in [0.05, 0.1) is 11.7 Å². The average Bonchev–Trinajstić information content (AvgIpc) is 3.12. The highest BCUT2D eigenvalue weighted by molar-refractivity contribution is 5.94. The van der Waals surface area contributed by atoms with Crippen LogP contribution in [0.25, 0.3) is 10.9 Å². The molecule has 0 aliphatic carbocycles. The molecule has 1 aromatic carbocycles. The van der Waals surface area contributed by atoms with Crippen LogP contribution in [0.1, 0.15) is 17.3 Å². The third-order valence-corrected chi connectivity index (χ3v) is 3.62. The number of aromatic nitrogens is 4. The number of anilines is 1. The molecule has 1 amide bonds. The molecule has 0 bridgehead atoms. The first kappa shape index (κ1) is 15.9. The molecule has 0 unspecified atom stereocenters. The van der Waals surface area contributed by atoms with Gasteiger partial charge in [0.25, 0.3) is 5.91 Å². The van der Waals surface area contributed by atoms with Crippen molar-refractivity contribution in [2.24, 2.45) is 5.73 Å². The molecule has 0 saturated heterocycles. The van der Waals surface area contributed by atoms with E-state index in [2.05, 4.69) is 15.6 Å². The Balaban J connectivity index is 1.86. The summed E-state index contributed by atoms with van der Waals surface area (Å²) in [4.78, 5) is 23.6. The maximum Gasteiger partial charge on any atom is 0.252 e. The van der Waals surface area contributed by atoms with Crippen molar-refractivity contribution in [1.29, 1.82) is 0 Å². The van der Waals surface area contributed by atoms with Crippen molar-refractivity contribution in [1.82, 2.24) is 19.6 Å². The summed E-state index contributed by atoms with van der Waals surface area (Å²) in [6.45, 7) is 1.92. The van der Waals surface area contributed by atoms with E-state index in [9.17, 15) is 9.59 Å². The number of nitrogens with one attached hydrogen (secondary N) is 1. The zero-order chi connectivity index (χ0) is 17.1. The van der Waals surface area contributed by atoms with Crippen molar-refractivity contribution in [3.05, 3.63) is 42.2 Å². The van der Waals surface area contributed by atoms with Gasteiger partial charge in [0.2, 0.25) is 5.91 Å². The van der Waals surface area contributed by atoms with Gasteiger partial charge in [-0.25, -0.2) is 4.68 Å². The molecule has 0 aliphatic heterocycles. The topological polar surface area (TPSA) is 108 Å². The van der Waals surface area contributed by atoms with Gasteiger partial charge in [0.1, 0.15) is 6.54 Å². The highest BCUT2D eigenvalue weighted by Crippen LogP contribution is 2.21. The molecule has 24 heavy (non-hydrogen) atoms. The first-order valence-electron chi connectivity index (χ1n) is 7.58. The van der Waals surface area contributed by atoms with Crippen LogP contribution in [0.3, 0.4) is 0 Å². The molecule has 0 atom stereocenters. The van der Waals surface area contributed by atoms with E-state index < -0.39 is 0 Å². The molecule has 2 aromatic heterocycles. The van der Waals surface area contributed by atoms with Crippen molar-refractivity contribution >= 4 is 28.5 Å². The lowest BCUT2D eigenvalue weighted by molar-refractivity contribution is -0.114. The predicted molar refractivity (Wildman–Crippen MR) is 89.6 cm³/mol. The lowest BCUT2D eigenvalue weighted by Crippen LogP contribution is -2.17. The van der Waals surface area contributed by atoms with E-state index in [1.54, 1.807) is 4.57 Å². The predicted octanol–water partition coefficient (Wildman–Crippen LogP) is 1.03. The van der Waals surface area contributed by atoms with Gasteiger partial charge >= 0.3 is 0 Å². The van der Waals surface area contributed by atoms with Crippen LogP contribution in [0.2, 0.25) is 0 Å². The number of hydrogen-bond acceptors (Lipinski definition) is 5. The lowest BCUT2D eigenvalue weighted by Gasteiger charge is -2.03. The molecule has 0 radical (unpaired) electrons. The minimum atomic E-state index is -0.240. The summed E-state index contributed by atoms with van der Waals surface area (Å²) < 4.78 is 3.01. The van der Waals surface area contributed by atoms with Gasteiger partial charge < -0.3 is 11.1 Å². The first-order chi connectivity index (χ1) is 11.6. The van der Waals surface area contributed by atoms with Crippen LogP contribution in [-0.2, 0) is 17.8 Å². The Morgan fingerprint density at radius 3 is 2.79 bits per heavy atom. The van der Waals surface area contributed by atoms with Crippen molar-refractivity contribution in [2.45, 2.75) is 19.9 Å². The molecule has 124 valence electrons. The molecular formula is C16H18N6O2. The molecule has 0 spiro atoms. The largest absolute Gasteiger partial charge is 0.330 e. The molecule has 0 fully saturated rings. The number of carbonyl (C=O) groups is 2. The Morgan fingerprint density at radius 2 is 2.04 bits per heavy atom. The zero-order valence-corrected chi connectivity index (χ0v) is 13.3. The number of carbonyl (C=O) groups excluding carboxylic acids is 2. The van der Waals surface area contributed by atoms with Crippen LogP contribution in [0.15, 0.2) is 36.7 Å². The molecule has 8 nitrogen and oxygen atoms in total. The average molecular weight is 326 g/mol. The second kappa shape index (κ2) is 6.63.